The Bertz CT molecular complexity index is 549. The molecular weight excluding hydrogens is 268 g/mol. The third kappa shape index (κ3) is 3.26. The average molecular weight is 290 g/mol. The summed E-state index contributed by atoms with van der Waals surface area (Å²) in [6.45, 7) is 7.63. The molecule has 3 nitrogen and oxygen atoms in total. The second-order valence-electron chi connectivity index (χ2n) is 5.13. The van der Waals surface area contributed by atoms with Gasteiger partial charge in [0.15, 0.2) is 0 Å². The minimum absolute atomic E-state index is 0.338. The maximum absolute atomic E-state index is 5.83. The van der Waals surface area contributed by atoms with Crippen LogP contribution in [0.2, 0.25) is 0 Å². The Morgan fingerprint density at radius 1 is 1.25 bits per heavy atom. The molecule has 0 saturated heterocycles. The van der Waals surface area contributed by atoms with E-state index in [1.165, 1.54) is 10.4 Å². The number of nitrogens with one attached hydrogen (secondary N) is 1. The minimum atomic E-state index is -0.338. The van der Waals surface area contributed by atoms with Gasteiger partial charge in [0, 0.05) is 13.2 Å². The summed E-state index contributed by atoms with van der Waals surface area (Å²) in [5, 5.41) is 4.23. The van der Waals surface area contributed by atoms with Gasteiger partial charge in [-0.3, -0.25) is 0 Å². The van der Waals surface area contributed by atoms with Crippen LogP contribution in [-0.4, -0.2) is 18.6 Å². The molecule has 2 aromatic rings. The fourth-order valence-corrected chi connectivity index (χ4v) is 3.28. The highest BCUT2D eigenvalue weighted by atomic mass is 32.1. The number of ether oxygens (including phenoxy) is 1. The molecule has 4 heteroatoms. The zero-order chi connectivity index (χ0) is 14.6. The van der Waals surface area contributed by atoms with Gasteiger partial charge < -0.3 is 10.1 Å². The molecule has 1 aromatic carbocycles. The number of rotatable bonds is 6. The van der Waals surface area contributed by atoms with Crippen LogP contribution in [0.4, 0.5) is 0 Å². The van der Waals surface area contributed by atoms with Crippen LogP contribution in [-0.2, 0) is 16.9 Å². The lowest BCUT2D eigenvalue weighted by Crippen LogP contribution is -2.21. The summed E-state index contributed by atoms with van der Waals surface area (Å²) in [4.78, 5) is 6.02. The second-order valence-corrected chi connectivity index (χ2v) is 6.13. The third-order valence-electron chi connectivity index (χ3n) is 3.10. The summed E-state index contributed by atoms with van der Waals surface area (Å²) >= 11 is 1.72. The van der Waals surface area contributed by atoms with Gasteiger partial charge in [0.1, 0.15) is 10.6 Å². The Morgan fingerprint density at radius 3 is 2.55 bits per heavy atom. The Hall–Kier alpha value is -1.23. The van der Waals surface area contributed by atoms with Crippen molar-refractivity contribution in [3.8, 4) is 10.4 Å². The van der Waals surface area contributed by atoms with E-state index in [0.29, 0.717) is 6.61 Å². The summed E-state index contributed by atoms with van der Waals surface area (Å²) in [6, 6.07) is 10.4. The van der Waals surface area contributed by atoms with Gasteiger partial charge >= 0.3 is 0 Å². The van der Waals surface area contributed by atoms with E-state index in [1.807, 2.05) is 20.0 Å². The van der Waals surface area contributed by atoms with E-state index in [1.54, 1.807) is 11.3 Å². The van der Waals surface area contributed by atoms with Crippen LogP contribution >= 0.6 is 11.3 Å². The van der Waals surface area contributed by atoms with Gasteiger partial charge in [0.05, 0.1) is 10.6 Å². The molecule has 0 saturated carbocycles. The van der Waals surface area contributed by atoms with Gasteiger partial charge in [-0.2, -0.15) is 0 Å². The zero-order valence-corrected chi connectivity index (χ0v) is 13.4. The number of nitrogens with zero attached hydrogens (tertiary/aromatic N) is 1. The van der Waals surface area contributed by atoms with Crippen LogP contribution in [0, 0.1) is 0 Å². The molecule has 1 N–H and O–H groups in total. The minimum Gasteiger partial charge on any atom is -0.369 e. The van der Waals surface area contributed by atoms with Crippen molar-refractivity contribution in [3.05, 3.63) is 41.0 Å². The molecule has 0 amide bonds. The lowest BCUT2D eigenvalue weighted by molar-refractivity contribution is -0.0142. The number of hydrogen-bond acceptors (Lipinski definition) is 4. The molecule has 2 rings (SSSR count). The topological polar surface area (TPSA) is 34.1 Å². The summed E-state index contributed by atoms with van der Waals surface area (Å²) in [5.41, 5.74) is 1.97. The summed E-state index contributed by atoms with van der Waals surface area (Å²) in [5.74, 6) is 0. The van der Waals surface area contributed by atoms with Gasteiger partial charge in [-0.15, -0.1) is 11.3 Å². The molecule has 0 unspecified atom stereocenters. The van der Waals surface area contributed by atoms with E-state index >= 15 is 0 Å². The van der Waals surface area contributed by atoms with Gasteiger partial charge in [0.25, 0.3) is 0 Å². The first-order chi connectivity index (χ1) is 9.58. The number of hydrogen-bond donors (Lipinski definition) is 1. The molecule has 1 heterocycles. The molecular formula is C16H22N2OS. The molecule has 0 bridgehead atoms. The van der Waals surface area contributed by atoms with Crippen LogP contribution in [0.15, 0.2) is 30.3 Å². The van der Waals surface area contributed by atoms with Crippen molar-refractivity contribution in [2.45, 2.75) is 32.9 Å². The monoisotopic (exact) mass is 290 g/mol. The Balaban J connectivity index is 2.44. The van der Waals surface area contributed by atoms with Crippen molar-refractivity contribution in [2.75, 3.05) is 13.7 Å². The molecule has 1 aromatic heterocycles. The number of thiazole rings is 1. The van der Waals surface area contributed by atoms with Gasteiger partial charge in [-0.1, -0.05) is 30.3 Å². The van der Waals surface area contributed by atoms with Crippen molar-refractivity contribution in [3.63, 3.8) is 0 Å². The van der Waals surface area contributed by atoms with Crippen molar-refractivity contribution < 1.29 is 4.74 Å². The first-order valence-electron chi connectivity index (χ1n) is 6.92. The quantitative estimate of drug-likeness (QED) is 0.878. The molecule has 0 aliphatic rings. The van der Waals surface area contributed by atoms with Crippen LogP contribution < -0.4 is 5.32 Å². The smallest absolute Gasteiger partial charge is 0.125 e. The fraction of sp³-hybridized carbons (Fsp3) is 0.438. The lowest BCUT2D eigenvalue weighted by atomic mass is 10.1. The normalized spacial score (nSPS) is 11.8. The van der Waals surface area contributed by atoms with Crippen LogP contribution in [0.1, 0.15) is 31.5 Å². The van der Waals surface area contributed by atoms with Crippen LogP contribution in [0.25, 0.3) is 10.4 Å². The third-order valence-corrected chi connectivity index (χ3v) is 4.55. The predicted molar refractivity (Wildman–Crippen MR) is 85.0 cm³/mol. The molecule has 20 heavy (non-hydrogen) atoms. The molecule has 0 fully saturated rings. The van der Waals surface area contributed by atoms with Crippen molar-refractivity contribution in [1.29, 1.82) is 0 Å². The number of aromatic nitrogens is 1. The first kappa shape index (κ1) is 15.2. The Kier molecular flexibility index (Phi) is 4.91. The lowest BCUT2D eigenvalue weighted by Gasteiger charge is -2.21. The molecule has 0 aliphatic carbocycles. The van der Waals surface area contributed by atoms with Crippen molar-refractivity contribution in [2.24, 2.45) is 0 Å². The maximum atomic E-state index is 5.83. The van der Waals surface area contributed by atoms with E-state index in [-0.39, 0.29) is 5.60 Å². The molecule has 0 aliphatic heterocycles. The highest BCUT2D eigenvalue weighted by Gasteiger charge is 2.27. The van der Waals surface area contributed by atoms with E-state index in [2.05, 4.69) is 43.4 Å². The molecule has 0 atom stereocenters. The molecule has 0 spiro atoms. The average Bonchev–Trinajstić information content (AvgIpc) is 2.85. The highest BCUT2D eigenvalue weighted by molar-refractivity contribution is 7.15. The van der Waals surface area contributed by atoms with Crippen LogP contribution in [0.3, 0.4) is 0 Å². The van der Waals surface area contributed by atoms with Gasteiger partial charge in [-0.25, -0.2) is 4.98 Å². The van der Waals surface area contributed by atoms with Gasteiger partial charge in [-0.05, 0) is 33.4 Å². The zero-order valence-electron chi connectivity index (χ0n) is 12.6. The van der Waals surface area contributed by atoms with E-state index < -0.39 is 0 Å². The SMILES string of the molecule is CCOC(C)(C)c1nc(CNC)c(-c2ccccc2)s1. The van der Waals surface area contributed by atoms with E-state index in [4.69, 9.17) is 9.72 Å². The summed E-state index contributed by atoms with van der Waals surface area (Å²) < 4.78 is 5.83. The molecule has 108 valence electrons. The number of benzene rings is 1. The first-order valence-corrected chi connectivity index (χ1v) is 7.74. The largest absolute Gasteiger partial charge is 0.369 e. The Morgan fingerprint density at radius 2 is 1.95 bits per heavy atom. The van der Waals surface area contributed by atoms with Crippen molar-refractivity contribution >= 4 is 11.3 Å². The van der Waals surface area contributed by atoms with Crippen LogP contribution in [0.5, 0.6) is 0 Å². The fourth-order valence-electron chi connectivity index (χ4n) is 2.13. The summed E-state index contributed by atoms with van der Waals surface area (Å²) in [6.07, 6.45) is 0. The maximum Gasteiger partial charge on any atom is 0.125 e. The standard InChI is InChI=1S/C16H22N2OS/c1-5-19-16(2,3)15-18-13(11-17-4)14(20-15)12-9-7-6-8-10-12/h6-10,17H,5,11H2,1-4H3. The van der Waals surface area contributed by atoms with Crippen molar-refractivity contribution in [1.82, 2.24) is 10.3 Å². The van der Waals surface area contributed by atoms with Gasteiger partial charge in [0.2, 0.25) is 0 Å². The second kappa shape index (κ2) is 6.48. The summed E-state index contributed by atoms with van der Waals surface area (Å²) in [7, 11) is 1.95. The Labute approximate surface area is 125 Å². The van der Waals surface area contributed by atoms with E-state index in [0.717, 1.165) is 17.2 Å². The molecule has 0 radical (unpaired) electrons. The highest BCUT2D eigenvalue weighted by Crippen LogP contribution is 2.36. The van der Waals surface area contributed by atoms with E-state index in [9.17, 15) is 0 Å². The predicted octanol–water partition coefficient (Wildman–Crippen LogP) is 3.80.